The van der Waals surface area contributed by atoms with E-state index in [-0.39, 0.29) is 0 Å². The molecule has 16 heavy (non-hydrogen) atoms. The van der Waals surface area contributed by atoms with Gasteiger partial charge in [0.05, 0.1) is 11.2 Å². The summed E-state index contributed by atoms with van der Waals surface area (Å²) in [6.45, 7) is 0. The third-order valence-corrected chi connectivity index (χ3v) is 2.62. The fourth-order valence-corrected chi connectivity index (χ4v) is 1.86. The Morgan fingerprint density at radius 3 is 3.00 bits per heavy atom. The maximum Gasteiger partial charge on any atom is 0.150 e. The highest BCUT2D eigenvalue weighted by molar-refractivity contribution is 5.99. The molecule has 0 spiro atoms. The maximum absolute atomic E-state index is 10.6. The molecule has 0 fully saturated rings. The van der Waals surface area contributed by atoms with E-state index >= 15 is 0 Å². The normalized spacial score (nSPS) is 13.1. The van der Waals surface area contributed by atoms with Crippen LogP contribution in [0.2, 0.25) is 0 Å². The van der Waals surface area contributed by atoms with Crippen molar-refractivity contribution in [3.8, 4) is 0 Å². The molecule has 1 aromatic carbocycles. The molecule has 1 N–H and O–H groups in total. The quantitative estimate of drug-likeness (QED) is 0.676. The average molecular weight is 208 g/mol. The lowest BCUT2D eigenvalue weighted by molar-refractivity contribution is 0.568. The first-order chi connectivity index (χ1) is 7.88. The zero-order valence-corrected chi connectivity index (χ0v) is 8.40. The van der Waals surface area contributed by atoms with Crippen molar-refractivity contribution >= 4 is 28.6 Å². The van der Waals surface area contributed by atoms with E-state index in [1.54, 1.807) is 12.3 Å². The van der Waals surface area contributed by atoms with Gasteiger partial charge >= 0.3 is 0 Å². The van der Waals surface area contributed by atoms with Crippen LogP contribution in [-0.2, 0) is 4.79 Å². The highest BCUT2D eigenvalue weighted by Gasteiger charge is 2.11. The van der Waals surface area contributed by atoms with E-state index in [4.69, 9.17) is 0 Å². The second kappa shape index (κ2) is 3.33. The van der Waals surface area contributed by atoms with Crippen LogP contribution in [0, 0.1) is 0 Å². The van der Waals surface area contributed by atoms with E-state index < -0.39 is 0 Å². The molecule has 0 amide bonds. The fourth-order valence-electron chi connectivity index (χ4n) is 1.86. The van der Waals surface area contributed by atoms with Crippen LogP contribution < -0.4 is 5.32 Å². The molecule has 2 heterocycles. The summed E-state index contributed by atoms with van der Waals surface area (Å²) in [6, 6.07) is 7.81. The van der Waals surface area contributed by atoms with Gasteiger partial charge in [-0.05, 0) is 29.8 Å². The Hall–Kier alpha value is -2.38. The Labute approximate surface area is 92.1 Å². The van der Waals surface area contributed by atoms with Crippen molar-refractivity contribution in [3.05, 3.63) is 47.8 Å². The van der Waals surface area contributed by atoms with Gasteiger partial charge in [-0.2, -0.15) is 0 Å². The molecular weight excluding hydrogens is 200 g/mol. The van der Waals surface area contributed by atoms with E-state index in [0.29, 0.717) is 5.70 Å². The van der Waals surface area contributed by atoms with Crippen LogP contribution >= 0.6 is 0 Å². The molecule has 0 radical (unpaired) electrons. The first kappa shape index (κ1) is 8.89. The highest BCUT2D eigenvalue weighted by atomic mass is 16.1. The molecular formula is C13H8N2O. The minimum Gasteiger partial charge on any atom is -0.345 e. The molecule has 3 rings (SSSR count). The zero-order chi connectivity index (χ0) is 11.0. The average Bonchev–Trinajstić information content (AvgIpc) is 2.38. The number of allylic oxidation sites excluding steroid dienone is 1. The summed E-state index contributed by atoms with van der Waals surface area (Å²) in [7, 11) is 0. The Balaban J connectivity index is 2.35. The minimum absolute atomic E-state index is 0.448. The van der Waals surface area contributed by atoms with Crippen LogP contribution in [-0.4, -0.2) is 10.9 Å². The van der Waals surface area contributed by atoms with Crippen molar-refractivity contribution in [2.24, 2.45) is 0 Å². The van der Waals surface area contributed by atoms with E-state index in [0.717, 1.165) is 22.2 Å². The highest BCUT2D eigenvalue weighted by Crippen LogP contribution is 2.31. The monoisotopic (exact) mass is 208 g/mol. The molecule has 1 aliphatic heterocycles. The molecule has 0 atom stereocenters. The van der Waals surface area contributed by atoms with Gasteiger partial charge in [-0.15, -0.1) is 0 Å². The van der Waals surface area contributed by atoms with E-state index in [9.17, 15) is 4.79 Å². The topological polar surface area (TPSA) is 42.0 Å². The zero-order valence-electron chi connectivity index (χ0n) is 8.40. The third kappa shape index (κ3) is 1.23. The van der Waals surface area contributed by atoms with Crippen LogP contribution in [0.15, 0.2) is 42.2 Å². The predicted molar refractivity (Wildman–Crippen MR) is 63.6 cm³/mol. The van der Waals surface area contributed by atoms with E-state index in [1.165, 1.54) is 0 Å². The number of rotatable bonds is 0. The molecule has 2 aromatic rings. The van der Waals surface area contributed by atoms with E-state index in [2.05, 4.69) is 10.3 Å². The number of aromatic nitrogens is 1. The lowest BCUT2D eigenvalue weighted by Gasteiger charge is -2.15. The summed E-state index contributed by atoms with van der Waals surface area (Å²) >= 11 is 0. The number of hydrogen-bond donors (Lipinski definition) is 1. The van der Waals surface area contributed by atoms with Gasteiger partial charge in [-0.3, -0.25) is 4.98 Å². The number of nitrogens with zero attached hydrogens (tertiary/aromatic N) is 1. The molecule has 76 valence electrons. The van der Waals surface area contributed by atoms with Gasteiger partial charge in [0.1, 0.15) is 5.70 Å². The molecule has 0 unspecified atom stereocenters. The van der Waals surface area contributed by atoms with Gasteiger partial charge in [-0.1, -0.05) is 12.1 Å². The third-order valence-electron chi connectivity index (χ3n) is 2.62. The summed E-state index contributed by atoms with van der Waals surface area (Å²) in [5.74, 6) is 1.86. The molecule has 0 aliphatic carbocycles. The number of anilines is 1. The van der Waals surface area contributed by atoms with Gasteiger partial charge in [0.25, 0.3) is 0 Å². The fraction of sp³-hybridized carbons (Fsp3) is 0. The summed E-state index contributed by atoms with van der Waals surface area (Å²) < 4.78 is 0. The lowest BCUT2D eigenvalue weighted by atomic mass is 10.0. The van der Waals surface area contributed by atoms with Crippen molar-refractivity contribution in [3.63, 3.8) is 0 Å². The number of benzene rings is 1. The number of nitrogens with one attached hydrogen (secondary N) is 1. The van der Waals surface area contributed by atoms with Crippen molar-refractivity contribution in [1.29, 1.82) is 0 Å². The molecule has 3 nitrogen and oxygen atoms in total. The predicted octanol–water partition coefficient (Wildman–Crippen LogP) is 2.39. The van der Waals surface area contributed by atoms with Gasteiger partial charge in [0.15, 0.2) is 5.94 Å². The largest absolute Gasteiger partial charge is 0.345 e. The van der Waals surface area contributed by atoms with Crippen LogP contribution in [0.3, 0.4) is 0 Å². The smallest absolute Gasteiger partial charge is 0.150 e. The van der Waals surface area contributed by atoms with Gasteiger partial charge in [-0.25, -0.2) is 4.79 Å². The van der Waals surface area contributed by atoms with Crippen LogP contribution in [0.1, 0.15) is 5.56 Å². The van der Waals surface area contributed by atoms with E-state index in [1.807, 2.05) is 36.3 Å². The second-order valence-corrected chi connectivity index (χ2v) is 3.57. The van der Waals surface area contributed by atoms with Crippen LogP contribution in [0.5, 0.6) is 0 Å². The van der Waals surface area contributed by atoms with Crippen molar-refractivity contribution < 1.29 is 4.79 Å². The summed E-state index contributed by atoms with van der Waals surface area (Å²) in [5.41, 5.74) is 3.34. The van der Waals surface area contributed by atoms with Gasteiger partial charge in [0, 0.05) is 11.6 Å². The Morgan fingerprint density at radius 1 is 1.19 bits per heavy atom. The standard InChI is InChI=1S/C13H8N2O/c16-8-10-5-3-9-4-6-12-11(13(9)15-10)2-1-7-14-12/h1-7,15H. The number of pyridine rings is 1. The van der Waals surface area contributed by atoms with Crippen LogP contribution in [0.25, 0.3) is 17.0 Å². The summed E-state index contributed by atoms with van der Waals surface area (Å²) in [4.78, 5) is 14.9. The van der Waals surface area contributed by atoms with Crippen molar-refractivity contribution in [1.82, 2.24) is 4.98 Å². The molecule has 1 aliphatic rings. The molecule has 0 saturated heterocycles. The van der Waals surface area contributed by atoms with Crippen molar-refractivity contribution in [2.75, 3.05) is 5.32 Å². The molecule has 3 heteroatoms. The number of carbonyl (C=O) groups excluding carboxylic acids is 1. The molecule has 1 aromatic heterocycles. The number of hydrogen-bond acceptors (Lipinski definition) is 3. The first-order valence-corrected chi connectivity index (χ1v) is 4.96. The Bertz CT molecular complexity index is 652. The Kier molecular flexibility index (Phi) is 1.85. The summed E-state index contributed by atoms with van der Waals surface area (Å²) in [6.07, 6.45) is 5.37. The van der Waals surface area contributed by atoms with Crippen LogP contribution in [0.4, 0.5) is 5.69 Å². The molecule has 0 saturated carbocycles. The Morgan fingerprint density at radius 2 is 2.12 bits per heavy atom. The SMILES string of the molecule is O=C=C1C=Cc2ccc3ncccc3c2N1. The minimum atomic E-state index is 0.448. The molecule has 0 bridgehead atoms. The second-order valence-electron chi connectivity index (χ2n) is 3.57. The maximum atomic E-state index is 10.6. The van der Waals surface area contributed by atoms with Gasteiger partial charge < -0.3 is 5.32 Å². The first-order valence-electron chi connectivity index (χ1n) is 4.96. The summed E-state index contributed by atoms with van der Waals surface area (Å²) in [5, 5.41) is 4.07. The van der Waals surface area contributed by atoms with Crippen molar-refractivity contribution in [2.45, 2.75) is 0 Å². The number of fused-ring (bicyclic) bond motifs is 3. The lowest BCUT2D eigenvalue weighted by Crippen LogP contribution is -2.04. The van der Waals surface area contributed by atoms with Gasteiger partial charge in [0.2, 0.25) is 0 Å².